The van der Waals surface area contributed by atoms with Crippen LogP contribution in [0.15, 0.2) is 4.99 Å². The van der Waals surface area contributed by atoms with Crippen LogP contribution in [0.2, 0.25) is 0 Å². The maximum absolute atomic E-state index is 12.5. The molecule has 21 heavy (non-hydrogen) atoms. The van der Waals surface area contributed by atoms with E-state index in [1.54, 1.807) is 4.90 Å². The molecule has 0 radical (unpaired) electrons. The number of hydrogen-bond acceptors (Lipinski definition) is 2. The van der Waals surface area contributed by atoms with Gasteiger partial charge in [-0.1, -0.05) is 12.8 Å². The molecular formula is C15H29IN4O. The molecule has 0 aromatic rings. The third-order valence-electron chi connectivity index (χ3n) is 4.64. The van der Waals surface area contributed by atoms with Gasteiger partial charge in [0, 0.05) is 27.2 Å². The van der Waals surface area contributed by atoms with Gasteiger partial charge in [-0.15, -0.1) is 24.0 Å². The molecule has 1 aliphatic carbocycles. The highest BCUT2D eigenvalue weighted by molar-refractivity contribution is 14.0. The Hall–Kier alpha value is -0.530. The Kier molecular flexibility index (Phi) is 7.23. The molecule has 2 N–H and O–H groups in total. The maximum atomic E-state index is 12.5. The number of hydrogen-bond donors (Lipinski definition) is 1. The summed E-state index contributed by atoms with van der Waals surface area (Å²) in [6.45, 7) is 2.56. The molecule has 0 atom stereocenters. The van der Waals surface area contributed by atoms with E-state index in [0.29, 0.717) is 12.5 Å². The van der Waals surface area contributed by atoms with Crippen LogP contribution in [-0.4, -0.2) is 55.4 Å². The van der Waals surface area contributed by atoms with Crippen molar-refractivity contribution < 1.29 is 4.79 Å². The summed E-state index contributed by atoms with van der Waals surface area (Å²) in [7, 11) is 3.67. The normalized spacial score (nSPS) is 21.8. The average Bonchev–Trinajstić information content (AvgIpc) is 2.94. The van der Waals surface area contributed by atoms with Crippen LogP contribution in [0.25, 0.3) is 0 Å². The van der Waals surface area contributed by atoms with Crippen molar-refractivity contribution in [2.45, 2.75) is 44.9 Å². The van der Waals surface area contributed by atoms with E-state index in [1.165, 1.54) is 19.3 Å². The highest BCUT2D eigenvalue weighted by Gasteiger charge is 2.42. The van der Waals surface area contributed by atoms with E-state index < -0.39 is 0 Å². The molecule has 0 unspecified atom stereocenters. The Balaban J connectivity index is 0.00000220. The van der Waals surface area contributed by atoms with Crippen molar-refractivity contribution in [2.24, 2.45) is 16.1 Å². The zero-order valence-corrected chi connectivity index (χ0v) is 15.6. The number of likely N-dealkylation sites (tertiary alicyclic amines) is 1. The fraction of sp³-hybridized carbons (Fsp3) is 0.867. The quantitative estimate of drug-likeness (QED) is 0.442. The number of piperidine rings is 1. The molecule has 2 rings (SSSR count). The van der Waals surface area contributed by atoms with Crippen LogP contribution >= 0.6 is 24.0 Å². The Labute approximate surface area is 145 Å². The largest absolute Gasteiger partial charge is 0.370 e. The number of nitrogens with zero attached hydrogens (tertiary/aromatic N) is 3. The highest BCUT2D eigenvalue weighted by atomic mass is 127. The number of halogens is 1. The van der Waals surface area contributed by atoms with Crippen LogP contribution in [0.5, 0.6) is 0 Å². The average molecular weight is 408 g/mol. The lowest BCUT2D eigenvalue weighted by atomic mass is 9.85. The molecule has 0 spiro atoms. The zero-order valence-electron chi connectivity index (χ0n) is 13.3. The summed E-state index contributed by atoms with van der Waals surface area (Å²) in [5.41, 5.74) is 5.81. The first-order valence-electron chi connectivity index (χ1n) is 7.82. The van der Waals surface area contributed by atoms with Crippen LogP contribution < -0.4 is 5.73 Å². The van der Waals surface area contributed by atoms with Crippen LogP contribution in [0, 0.1) is 5.41 Å². The molecular weight excluding hydrogens is 379 g/mol. The van der Waals surface area contributed by atoms with Crippen molar-refractivity contribution in [3.63, 3.8) is 0 Å². The fourth-order valence-corrected chi connectivity index (χ4v) is 3.42. The van der Waals surface area contributed by atoms with Gasteiger partial charge in [-0.3, -0.25) is 9.79 Å². The number of nitrogens with two attached hydrogens (primary N) is 1. The lowest BCUT2D eigenvalue weighted by Gasteiger charge is -2.31. The molecule has 1 saturated carbocycles. The Morgan fingerprint density at radius 3 is 2.24 bits per heavy atom. The molecule has 1 aliphatic heterocycles. The van der Waals surface area contributed by atoms with Crippen molar-refractivity contribution in [3.05, 3.63) is 0 Å². The van der Waals surface area contributed by atoms with E-state index in [4.69, 9.17) is 5.73 Å². The van der Waals surface area contributed by atoms with E-state index in [0.717, 1.165) is 38.8 Å². The summed E-state index contributed by atoms with van der Waals surface area (Å²) in [5, 5.41) is 0. The number of carbonyl (C=O) groups excluding carboxylic acids is 1. The van der Waals surface area contributed by atoms with E-state index in [-0.39, 0.29) is 35.3 Å². The number of rotatable bonds is 3. The van der Waals surface area contributed by atoms with Crippen molar-refractivity contribution in [1.29, 1.82) is 0 Å². The van der Waals surface area contributed by atoms with E-state index in [2.05, 4.69) is 9.89 Å². The van der Waals surface area contributed by atoms with Crippen LogP contribution in [0.4, 0.5) is 0 Å². The SMILES string of the molecule is CN(C)C(=O)C1(CN=C(N)N2CCCCC2)CCCC1.I. The molecule has 0 bridgehead atoms. The van der Waals surface area contributed by atoms with Crippen molar-refractivity contribution in [2.75, 3.05) is 33.7 Å². The molecule has 1 amide bonds. The fourth-order valence-electron chi connectivity index (χ4n) is 3.42. The zero-order chi connectivity index (χ0) is 14.6. The minimum atomic E-state index is -0.302. The second kappa shape index (κ2) is 8.19. The van der Waals surface area contributed by atoms with Gasteiger partial charge in [-0.2, -0.15) is 0 Å². The smallest absolute Gasteiger partial charge is 0.230 e. The third-order valence-corrected chi connectivity index (χ3v) is 4.64. The van der Waals surface area contributed by atoms with Gasteiger partial charge in [0.2, 0.25) is 5.91 Å². The topological polar surface area (TPSA) is 61.9 Å². The summed E-state index contributed by atoms with van der Waals surface area (Å²) >= 11 is 0. The third kappa shape index (κ3) is 4.47. The van der Waals surface area contributed by atoms with Crippen molar-refractivity contribution >= 4 is 35.8 Å². The van der Waals surface area contributed by atoms with Gasteiger partial charge >= 0.3 is 0 Å². The highest BCUT2D eigenvalue weighted by Crippen LogP contribution is 2.39. The van der Waals surface area contributed by atoms with Gasteiger partial charge < -0.3 is 15.5 Å². The van der Waals surface area contributed by atoms with E-state index in [1.807, 2.05) is 14.1 Å². The summed E-state index contributed by atoms with van der Waals surface area (Å²) < 4.78 is 0. The number of aliphatic imine (C=N–C) groups is 1. The monoisotopic (exact) mass is 408 g/mol. The Morgan fingerprint density at radius 2 is 1.71 bits per heavy atom. The predicted molar refractivity (Wildman–Crippen MR) is 96.9 cm³/mol. The molecule has 1 heterocycles. The standard InChI is InChI=1S/C15H28N4O.HI/c1-18(2)13(20)15(8-4-5-9-15)12-17-14(16)19-10-6-3-7-11-19;/h3-12H2,1-2H3,(H2,16,17);1H. The molecule has 6 heteroatoms. The second-order valence-corrected chi connectivity index (χ2v) is 6.41. The summed E-state index contributed by atoms with van der Waals surface area (Å²) in [6.07, 6.45) is 7.81. The first kappa shape index (κ1) is 18.5. The molecule has 0 aromatic heterocycles. The number of amides is 1. The Morgan fingerprint density at radius 1 is 1.14 bits per heavy atom. The van der Waals surface area contributed by atoms with Crippen molar-refractivity contribution in [1.82, 2.24) is 9.80 Å². The number of guanidine groups is 1. The van der Waals surface area contributed by atoms with E-state index >= 15 is 0 Å². The molecule has 2 aliphatic rings. The van der Waals surface area contributed by atoms with Gasteiger partial charge in [-0.25, -0.2) is 0 Å². The first-order valence-corrected chi connectivity index (χ1v) is 7.82. The lowest BCUT2D eigenvalue weighted by Crippen LogP contribution is -2.44. The summed E-state index contributed by atoms with van der Waals surface area (Å²) in [6, 6.07) is 0. The minimum absolute atomic E-state index is 0. The molecule has 5 nitrogen and oxygen atoms in total. The van der Waals surface area contributed by atoms with Gasteiger partial charge in [-0.05, 0) is 32.1 Å². The van der Waals surface area contributed by atoms with Gasteiger partial charge in [0.25, 0.3) is 0 Å². The van der Waals surface area contributed by atoms with Gasteiger partial charge in [0.05, 0.1) is 12.0 Å². The second-order valence-electron chi connectivity index (χ2n) is 6.41. The van der Waals surface area contributed by atoms with Crippen molar-refractivity contribution in [3.8, 4) is 0 Å². The summed E-state index contributed by atoms with van der Waals surface area (Å²) in [5.74, 6) is 0.840. The van der Waals surface area contributed by atoms with Crippen LogP contribution in [0.3, 0.4) is 0 Å². The van der Waals surface area contributed by atoms with E-state index in [9.17, 15) is 4.79 Å². The maximum Gasteiger partial charge on any atom is 0.230 e. The Bertz CT molecular complexity index is 372. The first-order chi connectivity index (χ1) is 9.55. The van der Waals surface area contributed by atoms with Crippen LogP contribution in [0.1, 0.15) is 44.9 Å². The van der Waals surface area contributed by atoms with Gasteiger partial charge in [0.15, 0.2) is 5.96 Å². The molecule has 1 saturated heterocycles. The number of carbonyl (C=O) groups is 1. The summed E-state index contributed by atoms with van der Waals surface area (Å²) in [4.78, 5) is 20.9. The van der Waals surface area contributed by atoms with Gasteiger partial charge in [0.1, 0.15) is 0 Å². The lowest BCUT2D eigenvalue weighted by molar-refractivity contribution is -0.138. The minimum Gasteiger partial charge on any atom is -0.370 e. The predicted octanol–water partition coefficient (Wildman–Crippen LogP) is 2.05. The van der Waals surface area contributed by atoms with Crippen LogP contribution in [-0.2, 0) is 4.79 Å². The molecule has 122 valence electrons. The molecule has 0 aromatic carbocycles. The molecule has 2 fully saturated rings.